The van der Waals surface area contributed by atoms with Crippen LogP contribution in [0.4, 0.5) is 11.4 Å². The molecule has 4 heteroatoms. The average molecular weight is 423 g/mol. The van der Waals surface area contributed by atoms with Crippen LogP contribution in [-0.4, -0.2) is 5.78 Å². The molecule has 6 rings (SSSR count). The monoisotopic (exact) mass is 422 g/mol. The van der Waals surface area contributed by atoms with Crippen LogP contribution in [-0.2, 0) is 4.79 Å². The van der Waals surface area contributed by atoms with Crippen molar-refractivity contribution in [3.05, 3.63) is 106 Å². The van der Waals surface area contributed by atoms with Crippen LogP contribution in [0.25, 0.3) is 10.8 Å². The van der Waals surface area contributed by atoms with Gasteiger partial charge in [-0.2, -0.15) is 0 Å². The number of benzene rings is 3. The Balaban J connectivity index is 1.50. The van der Waals surface area contributed by atoms with Gasteiger partial charge in [-0.1, -0.05) is 54.6 Å². The van der Waals surface area contributed by atoms with Gasteiger partial charge in [0.15, 0.2) is 5.78 Å². The first-order valence-electron chi connectivity index (χ1n) is 10.7. The van der Waals surface area contributed by atoms with Gasteiger partial charge in [-0.05, 0) is 52.4 Å². The SMILES string of the molecule is O=C1C[C@@H](c2cccs2)CC2=C1[C@@H](c1ccc3ccccc3c1)Nc1ccccc1N2. The Morgan fingerprint density at radius 2 is 1.61 bits per heavy atom. The van der Waals surface area contributed by atoms with Crippen LogP contribution in [0.5, 0.6) is 0 Å². The minimum Gasteiger partial charge on any atom is -0.372 e. The molecule has 1 aromatic heterocycles. The van der Waals surface area contributed by atoms with Crippen LogP contribution in [0.3, 0.4) is 0 Å². The smallest absolute Gasteiger partial charge is 0.163 e. The summed E-state index contributed by atoms with van der Waals surface area (Å²) in [4.78, 5) is 14.8. The first kappa shape index (κ1) is 18.4. The molecule has 2 heterocycles. The zero-order valence-electron chi connectivity index (χ0n) is 17.0. The third kappa shape index (κ3) is 3.24. The summed E-state index contributed by atoms with van der Waals surface area (Å²) < 4.78 is 0. The van der Waals surface area contributed by atoms with Crippen LogP contribution < -0.4 is 10.6 Å². The fourth-order valence-electron chi connectivity index (χ4n) is 4.85. The lowest BCUT2D eigenvalue weighted by Crippen LogP contribution is -2.26. The lowest BCUT2D eigenvalue weighted by molar-refractivity contribution is -0.116. The first-order chi connectivity index (χ1) is 15.3. The lowest BCUT2D eigenvalue weighted by atomic mass is 9.80. The van der Waals surface area contributed by atoms with Crippen LogP contribution in [0.15, 0.2) is 95.5 Å². The van der Waals surface area contributed by atoms with E-state index >= 15 is 0 Å². The normalized spacial score (nSPS) is 20.5. The Hall–Kier alpha value is -3.37. The van der Waals surface area contributed by atoms with Crippen molar-refractivity contribution >= 4 is 39.3 Å². The Bertz CT molecular complexity index is 1320. The van der Waals surface area contributed by atoms with E-state index in [9.17, 15) is 4.79 Å². The highest BCUT2D eigenvalue weighted by Crippen LogP contribution is 2.45. The first-order valence-corrected chi connectivity index (χ1v) is 11.5. The molecule has 2 aliphatic rings. The number of ketones is 1. The van der Waals surface area contributed by atoms with E-state index in [1.165, 1.54) is 15.6 Å². The maximum Gasteiger partial charge on any atom is 0.163 e. The summed E-state index contributed by atoms with van der Waals surface area (Å²) >= 11 is 1.74. The van der Waals surface area contributed by atoms with Crippen molar-refractivity contribution in [2.45, 2.75) is 24.8 Å². The zero-order chi connectivity index (χ0) is 20.8. The highest BCUT2D eigenvalue weighted by atomic mass is 32.1. The summed E-state index contributed by atoms with van der Waals surface area (Å²) in [5.41, 5.74) is 5.09. The fourth-order valence-corrected chi connectivity index (χ4v) is 5.68. The minimum atomic E-state index is -0.174. The molecule has 0 radical (unpaired) electrons. The van der Waals surface area contributed by atoms with E-state index in [0.717, 1.165) is 34.6 Å². The third-order valence-corrected chi connectivity index (χ3v) is 7.40. The molecular weight excluding hydrogens is 400 g/mol. The Morgan fingerprint density at radius 3 is 2.45 bits per heavy atom. The van der Waals surface area contributed by atoms with Crippen molar-refractivity contribution in [2.75, 3.05) is 10.6 Å². The zero-order valence-corrected chi connectivity index (χ0v) is 17.8. The molecule has 3 aromatic carbocycles. The minimum absolute atomic E-state index is 0.174. The van der Waals surface area contributed by atoms with Gasteiger partial charge in [0.2, 0.25) is 0 Å². The second kappa shape index (κ2) is 7.40. The van der Waals surface area contributed by atoms with Crippen LogP contribution in [0.1, 0.15) is 35.2 Å². The molecule has 2 atom stereocenters. The van der Waals surface area contributed by atoms with Crippen molar-refractivity contribution in [3.63, 3.8) is 0 Å². The van der Waals surface area contributed by atoms with Crippen molar-refractivity contribution in [1.29, 1.82) is 0 Å². The fraction of sp³-hybridized carbons (Fsp3) is 0.148. The average Bonchev–Trinajstić information content (AvgIpc) is 3.28. The highest BCUT2D eigenvalue weighted by Gasteiger charge is 2.36. The van der Waals surface area contributed by atoms with Crippen LogP contribution in [0, 0.1) is 0 Å². The predicted octanol–water partition coefficient (Wildman–Crippen LogP) is 6.88. The van der Waals surface area contributed by atoms with Gasteiger partial charge in [-0.15, -0.1) is 11.3 Å². The topological polar surface area (TPSA) is 41.1 Å². The molecule has 3 nitrogen and oxygen atoms in total. The van der Waals surface area contributed by atoms with E-state index in [1.807, 2.05) is 12.1 Å². The van der Waals surface area contributed by atoms with Crippen molar-refractivity contribution in [3.8, 4) is 0 Å². The number of Topliss-reactive ketones (excluding diaryl/α,β-unsaturated/α-hetero) is 1. The van der Waals surface area contributed by atoms with E-state index in [1.54, 1.807) is 11.3 Å². The number of hydrogen-bond acceptors (Lipinski definition) is 4. The molecule has 152 valence electrons. The lowest BCUT2D eigenvalue weighted by Gasteiger charge is -2.29. The summed E-state index contributed by atoms with van der Waals surface area (Å²) in [7, 11) is 0. The number of hydrogen-bond donors (Lipinski definition) is 2. The summed E-state index contributed by atoms with van der Waals surface area (Å²) in [6, 6.07) is 27.2. The maximum absolute atomic E-state index is 13.6. The summed E-state index contributed by atoms with van der Waals surface area (Å²) in [5.74, 6) is 0.465. The molecule has 1 aliphatic carbocycles. The van der Waals surface area contributed by atoms with Gasteiger partial charge in [0, 0.05) is 28.5 Å². The number of fused-ring (bicyclic) bond motifs is 2. The molecule has 0 fully saturated rings. The van der Waals surface area contributed by atoms with Gasteiger partial charge in [0.05, 0.1) is 17.4 Å². The number of rotatable bonds is 2. The number of para-hydroxylation sites is 2. The molecule has 0 saturated heterocycles. The largest absolute Gasteiger partial charge is 0.372 e. The molecule has 0 spiro atoms. The van der Waals surface area contributed by atoms with E-state index < -0.39 is 0 Å². The molecule has 0 amide bonds. The van der Waals surface area contributed by atoms with Gasteiger partial charge in [0.1, 0.15) is 0 Å². The standard InChI is InChI=1S/C27H22N2OS/c30-24-16-20(25-10-5-13-31-25)15-23-26(24)27(29-22-9-4-3-8-21(22)28-23)19-12-11-17-6-1-2-7-18(17)14-19/h1-14,20,27-29H,15-16H2/t20-,27+/m0/s1. The van der Waals surface area contributed by atoms with Crippen LogP contribution >= 0.6 is 11.3 Å². The summed E-state index contributed by atoms with van der Waals surface area (Å²) in [5, 5.41) is 11.8. The van der Waals surface area contributed by atoms with Gasteiger partial charge in [-0.25, -0.2) is 0 Å². The number of allylic oxidation sites excluding steroid dienone is 1. The molecule has 1 aliphatic heterocycles. The van der Waals surface area contributed by atoms with Crippen molar-refractivity contribution in [1.82, 2.24) is 0 Å². The highest BCUT2D eigenvalue weighted by molar-refractivity contribution is 7.10. The van der Waals surface area contributed by atoms with Gasteiger partial charge >= 0.3 is 0 Å². The summed E-state index contributed by atoms with van der Waals surface area (Å²) in [6.45, 7) is 0. The molecule has 4 aromatic rings. The van der Waals surface area contributed by atoms with Crippen molar-refractivity contribution in [2.24, 2.45) is 0 Å². The molecule has 0 unspecified atom stereocenters. The Kier molecular flexibility index (Phi) is 4.39. The van der Waals surface area contributed by atoms with E-state index in [2.05, 4.69) is 82.7 Å². The Labute approximate surface area is 185 Å². The second-order valence-electron chi connectivity index (χ2n) is 8.29. The molecule has 0 bridgehead atoms. The molecule has 2 N–H and O–H groups in total. The molecule has 0 saturated carbocycles. The maximum atomic E-state index is 13.6. The predicted molar refractivity (Wildman–Crippen MR) is 129 cm³/mol. The third-order valence-electron chi connectivity index (χ3n) is 6.36. The quantitative estimate of drug-likeness (QED) is 0.370. The number of nitrogens with one attached hydrogen (secondary N) is 2. The van der Waals surface area contributed by atoms with Gasteiger partial charge in [-0.3, -0.25) is 4.79 Å². The number of anilines is 2. The number of carbonyl (C=O) groups excluding carboxylic acids is 1. The molecule has 31 heavy (non-hydrogen) atoms. The second-order valence-corrected chi connectivity index (χ2v) is 9.27. The number of carbonyl (C=O) groups is 1. The van der Waals surface area contributed by atoms with E-state index in [4.69, 9.17) is 0 Å². The number of thiophene rings is 1. The van der Waals surface area contributed by atoms with E-state index in [-0.39, 0.29) is 17.7 Å². The van der Waals surface area contributed by atoms with Gasteiger partial charge in [0.25, 0.3) is 0 Å². The summed E-state index contributed by atoms with van der Waals surface area (Å²) in [6.07, 6.45) is 1.41. The van der Waals surface area contributed by atoms with Gasteiger partial charge < -0.3 is 10.6 Å². The Morgan fingerprint density at radius 1 is 0.806 bits per heavy atom. The van der Waals surface area contributed by atoms with E-state index in [0.29, 0.717) is 6.42 Å². The van der Waals surface area contributed by atoms with Crippen LogP contribution in [0.2, 0.25) is 0 Å². The van der Waals surface area contributed by atoms with Crippen molar-refractivity contribution < 1.29 is 4.79 Å². The molecular formula is C27H22N2OS.